The van der Waals surface area contributed by atoms with Gasteiger partial charge in [-0.25, -0.2) is 0 Å². The molecule has 0 bridgehead atoms. The van der Waals surface area contributed by atoms with Gasteiger partial charge in [-0.15, -0.1) is 0 Å². The molecule has 0 aliphatic carbocycles. The van der Waals surface area contributed by atoms with Gasteiger partial charge in [0.15, 0.2) is 5.41 Å². The molecule has 26 heavy (non-hydrogen) atoms. The van der Waals surface area contributed by atoms with E-state index in [4.69, 9.17) is 4.74 Å². The number of hydrogen-bond acceptors (Lipinski definition) is 2. The van der Waals surface area contributed by atoms with Crippen LogP contribution in [-0.2, 0) is 27.9 Å². The lowest BCUT2D eigenvalue weighted by Gasteiger charge is -2.33. The van der Waals surface area contributed by atoms with Crippen LogP contribution in [0.2, 0.25) is 0 Å². The van der Waals surface area contributed by atoms with Crippen LogP contribution in [0.5, 0.6) is 0 Å². The van der Waals surface area contributed by atoms with E-state index in [1.165, 1.54) is 5.69 Å². The van der Waals surface area contributed by atoms with Gasteiger partial charge >= 0.3 is 5.97 Å². The summed E-state index contributed by atoms with van der Waals surface area (Å²) in [5.74, 6) is -0.217. The number of aryl methyl sites for hydroxylation is 1. The van der Waals surface area contributed by atoms with Gasteiger partial charge in [0, 0.05) is 17.9 Å². The van der Waals surface area contributed by atoms with Gasteiger partial charge in [-0.2, -0.15) is 0 Å². The molecule has 2 heterocycles. The van der Waals surface area contributed by atoms with Gasteiger partial charge in [0.1, 0.15) is 0 Å². The van der Waals surface area contributed by atoms with Gasteiger partial charge in [-0.05, 0) is 43.0 Å². The molecule has 0 saturated heterocycles. The summed E-state index contributed by atoms with van der Waals surface area (Å²) >= 11 is 0. The van der Waals surface area contributed by atoms with E-state index < -0.39 is 5.41 Å². The molecule has 1 aliphatic heterocycles. The molecule has 0 radical (unpaired) electrons. The highest BCUT2D eigenvalue weighted by atomic mass is 16.5. The quantitative estimate of drug-likeness (QED) is 0.645. The molecule has 0 amide bonds. The molecule has 0 atom stereocenters. The molecule has 0 fully saturated rings. The Labute approximate surface area is 154 Å². The standard InChI is InChI=1S/C23H23NO2/c1-2-26-22(25)23(18-10-5-3-6-11-18,19-12-7-4-8-13-19)21-16-15-20-14-9-17-24(20)21/h3-8,10-13,15-16H,2,9,14,17H2,1H3. The second kappa shape index (κ2) is 6.83. The third kappa shape index (κ3) is 2.47. The minimum atomic E-state index is -0.957. The van der Waals surface area contributed by atoms with E-state index in [9.17, 15) is 4.79 Å². The van der Waals surface area contributed by atoms with E-state index in [0.717, 1.165) is 36.2 Å². The van der Waals surface area contributed by atoms with Crippen molar-refractivity contribution in [1.82, 2.24) is 4.57 Å². The predicted octanol–water partition coefficient (Wildman–Crippen LogP) is 4.33. The molecular formula is C23H23NO2. The number of nitrogens with zero attached hydrogens (tertiary/aromatic N) is 1. The number of esters is 1. The highest BCUT2D eigenvalue weighted by Gasteiger charge is 2.47. The van der Waals surface area contributed by atoms with Crippen LogP contribution >= 0.6 is 0 Å². The summed E-state index contributed by atoms with van der Waals surface area (Å²) in [5.41, 5.74) is 3.22. The molecule has 0 unspecified atom stereocenters. The maximum absolute atomic E-state index is 13.5. The Bertz CT molecular complexity index is 857. The molecule has 1 aromatic heterocycles. The average molecular weight is 345 g/mol. The summed E-state index contributed by atoms with van der Waals surface area (Å²) in [6.07, 6.45) is 2.17. The molecule has 2 aromatic carbocycles. The van der Waals surface area contributed by atoms with Gasteiger partial charge in [0.25, 0.3) is 0 Å². The highest BCUT2D eigenvalue weighted by molar-refractivity contribution is 5.92. The van der Waals surface area contributed by atoms with Crippen LogP contribution in [0.15, 0.2) is 72.8 Å². The molecule has 3 aromatic rings. The van der Waals surface area contributed by atoms with E-state index in [-0.39, 0.29) is 5.97 Å². The van der Waals surface area contributed by atoms with Crippen LogP contribution in [0.25, 0.3) is 0 Å². The molecule has 3 heteroatoms. The van der Waals surface area contributed by atoms with Crippen LogP contribution in [-0.4, -0.2) is 17.1 Å². The van der Waals surface area contributed by atoms with Gasteiger partial charge < -0.3 is 9.30 Å². The van der Waals surface area contributed by atoms with Crippen molar-refractivity contribution in [2.75, 3.05) is 6.61 Å². The van der Waals surface area contributed by atoms with Gasteiger partial charge in [0.2, 0.25) is 0 Å². The first-order valence-corrected chi connectivity index (χ1v) is 9.25. The number of aromatic nitrogens is 1. The van der Waals surface area contributed by atoms with E-state index in [1.807, 2.05) is 67.6 Å². The number of benzene rings is 2. The summed E-state index contributed by atoms with van der Waals surface area (Å²) in [5, 5.41) is 0. The molecule has 132 valence electrons. The zero-order chi connectivity index (χ0) is 18.0. The Balaban J connectivity index is 2.05. The number of hydrogen-bond donors (Lipinski definition) is 0. The van der Waals surface area contributed by atoms with Crippen molar-refractivity contribution in [3.05, 3.63) is 95.3 Å². The Morgan fingerprint density at radius 3 is 2.15 bits per heavy atom. The van der Waals surface area contributed by atoms with Gasteiger partial charge in [-0.3, -0.25) is 4.79 Å². The SMILES string of the molecule is CCOC(=O)C(c1ccccc1)(c1ccccc1)c1ccc2n1CCC2. The van der Waals surface area contributed by atoms with Crippen LogP contribution in [0.3, 0.4) is 0 Å². The summed E-state index contributed by atoms with van der Waals surface area (Å²) in [4.78, 5) is 13.5. The number of carbonyl (C=O) groups excluding carboxylic acids is 1. The molecule has 3 nitrogen and oxygen atoms in total. The van der Waals surface area contributed by atoms with Gasteiger partial charge in [-0.1, -0.05) is 60.7 Å². The van der Waals surface area contributed by atoms with Crippen LogP contribution in [0.4, 0.5) is 0 Å². The smallest absolute Gasteiger partial charge is 0.327 e. The average Bonchev–Trinajstić information content (AvgIpc) is 3.29. The van der Waals surface area contributed by atoms with Crippen LogP contribution in [0.1, 0.15) is 35.9 Å². The predicted molar refractivity (Wildman–Crippen MR) is 102 cm³/mol. The lowest BCUT2D eigenvalue weighted by molar-refractivity contribution is -0.147. The molecule has 0 spiro atoms. The van der Waals surface area contributed by atoms with E-state index >= 15 is 0 Å². The number of rotatable bonds is 5. The molecular weight excluding hydrogens is 322 g/mol. The first-order chi connectivity index (χ1) is 12.8. The zero-order valence-electron chi connectivity index (χ0n) is 15.0. The zero-order valence-corrected chi connectivity index (χ0v) is 15.0. The Hall–Kier alpha value is -2.81. The minimum absolute atomic E-state index is 0.217. The normalized spacial score (nSPS) is 13.4. The van der Waals surface area contributed by atoms with E-state index in [2.05, 4.69) is 16.7 Å². The topological polar surface area (TPSA) is 31.2 Å². The van der Waals surface area contributed by atoms with E-state index in [1.54, 1.807) is 0 Å². The van der Waals surface area contributed by atoms with Crippen LogP contribution in [0, 0.1) is 0 Å². The lowest BCUT2D eigenvalue weighted by atomic mass is 9.71. The summed E-state index contributed by atoms with van der Waals surface area (Å²) < 4.78 is 7.95. The number of carbonyl (C=O) groups is 1. The summed E-state index contributed by atoms with van der Waals surface area (Å²) in [6, 6.07) is 24.3. The van der Waals surface area contributed by atoms with Crippen molar-refractivity contribution < 1.29 is 9.53 Å². The second-order valence-corrected chi connectivity index (χ2v) is 6.67. The number of ether oxygens (including phenoxy) is 1. The van der Waals surface area contributed by atoms with Crippen molar-refractivity contribution in [1.29, 1.82) is 0 Å². The largest absolute Gasteiger partial charge is 0.465 e. The lowest BCUT2D eigenvalue weighted by Crippen LogP contribution is -2.41. The molecule has 4 rings (SSSR count). The summed E-state index contributed by atoms with van der Waals surface area (Å²) in [6.45, 7) is 3.16. The fourth-order valence-corrected chi connectivity index (χ4v) is 4.16. The first kappa shape index (κ1) is 16.6. The second-order valence-electron chi connectivity index (χ2n) is 6.67. The van der Waals surface area contributed by atoms with Gasteiger partial charge in [0.05, 0.1) is 6.61 Å². The molecule has 0 N–H and O–H groups in total. The van der Waals surface area contributed by atoms with Crippen molar-refractivity contribution in [3.8, 4) is 0 Å². The third-order valence-electron chi connectivity index (χ3n) is 5.27. The minimum Gasteiger partial charge on any atom is -0.465 e. The van der Waals surface area contributed by atoms with E-state index in [0.29, 0.717) is 6.61 Å². The van der Waals surface area contributed by atoms with Crippen molar-refractivity contribution in [2.45, 2.75) is 31.7 Å². The fraction of sp³-hybridized carbons (Fsp3) is 0.261. The Morgan fingerprint density at radius 1 is 0.962 bits per heavy atom. The fourth-order valence-electron chi connectivity index (χ4n) is 4.16. The number of fused-ring (bicyclic) bond motifs is 1. The van der Waals surface area contributed by atoms with Crippen molar-refractivity contribution in [2.24, 2.45) is 0 Å². The van der Waals surface area contributed by atoms with Crippen molar-refractivity contribution in [3.63, 3.8) is 0 Å². The summed E-state index contributed by atoms with van der Waals surface area (Å²) in [7, 11) is 0. The Morgan fingerprint density at radius 2 is 1.58 bits per heavy atom. The van der Waals surface area contributed by atoms with Crippen molar-refractivity contribution >= 4 is 5.97 Å². The molecule has 0 saturated carbocycles. The molecule has 1 aliphatic rings. The van der Waals surface area contributed by atoms with Crippen LogP contribution < -0.4 is 0 Å². The maximum Gasteiger partial charge on any atom is 0.327 e. The monoisotopic (exact) mass is 345 g/mol. The maximum atomic E-state index is 13.5. The highest BCUT2D eigenvalue weighted by Crippen LogP contribution is 2.42. The first-order valence-electron chi connectivity index (χ1n) is 9.25. The third-order valence-corrected chi connectivity index (χ3v) is 5.27. The Kier molecular flexibility index (Phi) is 4.37.